The highest BCUT2D eigenvalue weighted by atomic mass is 16.7. The standard InChI is InChI=1S/C22H34BNO5/c1-20(2,3)27-19(25)24-14-10-11-16(15-24)26-18-13-9-8-12-17(18)23-28-21(4,5)22(6,7)29-23/h8-9,12-13,16H,10-11,14-15H2,1-7H3. The van der Waals surface area contributed by atoms with Crippen molar-refractivity contribution in [3.05, 3.63) is 24.3 Å². The summed E-state index contributed by atoms with van der Waals surface area (Å²) >= 11 is 0. The number of ether oxygens (including phenoxy) is 2. The van der Waals surface area contributed by atoms with E-state index in [4.69, 9.17) is 18.8 Å². The molecule has 1 unspecified atom stereocenters. The minimum absolute atomic E-state index is 0.0974. The van der Waals surface area contributed by atoms with E-state index in [0.717, 1.165) is 24.1 Å². The summed E-state index contributed by atoms with van der Waals surface area (Å²) in [6, 6.07) is 7.82. The first kappa shape index (κ1) is 22.0. The van der Waals surface area contributed by atoms with Gasteiger partial charge in [0, 0.05) is 12.0 Å². The van der Waals surface area contributed by atoms with Crippen molar-refractivity contribution >= 4 is 18.7 Å². The van der Waals surface area contributed by atoms with E-state index in [1.165, 1.54) is 0 Å². The molecule has 3 rings (SSSR count). The zero-order chi connectivity index (χ0) is 21.4. The van der Waals surface area contributed by atoms with Gasteiger partial charge in [-0.2, -0.15) is 0 Å². The molecule has 2 aliphatic rings. The Bertz CT molecular complexity index is 727. The lowest BCUT2D eigenvalue weighted by atomic mass is 9.78. The van der Waals surface area contributed by atoms with Crippen LogP contribution in [0.4, 0.5) is 4.79 Å². The fourth-order valence-electron chi connectivity index (χ4n) is 3.46. The predicted octanol–water partition coefficient (Wildman–Crippen LogP) is 3.76. The van der Waals surface area contributed by atoms with E-state index in [-0.39, 0.29) is 12.2 Å². The van der Waals surface area contributed by atoms with Crippen molar-refractivity contribution in [2.75, 3.05) is 13.1 Å². The number of benzene rings is 1. The molecule has 6 nitrogen and oxygen atoms in total. The maximum Gasteiger partial charge on any atom is 0.498 e. The predicted molar refractivity (Wildman–Crippen MR) is 114 cm³/mol. The number of carbonyl (C=O) groups excluding carboxylic acids is 1. The number of rotatable bonds is 3. The smallest absolute Gasteiger partial charge is 0.489 e. The summed E-state index contributed by atoms with van der Waals surface area (Å²) in [6.07, 6.45) is 1.38. The zero-order valence-electron chi connectivity index (χ0n) is 18.8. The van der Waals surface area contributed by atoms with Crippen LogP contribution >= 0.6 is 0 Å². The van der Waals surface area contributed by atoms with Gasteiger partial charge < -0.3 is 23.7 Å². The highest BCUT2D eigenvalue weighted by Crippen LogP contribution is 2.37. The second kappa shape index (κ2) is 7.84. The molecule has 2 fully saturated rings. The number of hydrogen-bond donors (Lipinski definition) is 0. The fraction of sp³-hybridized carbons (Fsp3) is 0.682. The van der Waals surface area contributed by atoms with E-state index >= 15 is 0 Å². The molecule has 0 bridgehead atoms. The van der Waals surface area contributed by atoms with E-state index in [9.17, 15) is 4.79 Å². The lowest BCUT2D eigenvalue weighted by Crippen LogP contribution is -2.47. The second-order valence-corrected chi connectivity index (χ2v) is 9.93. The van der Waals surface area contributed by atoms with Crippen LogP contribution < -0.4 is 10.2 Å². The van der Waals surface area contributed by atoms with Gasteiger partial charge in [0.15, 0.2) is 0 Å². The molecule has 29 heavy (non-hydrogen) atoms. The third-order valence-electron chi connectivity index (χ3n) is 5.75. The maximum absolute atomic E-state index is 12.4. The molecular weight excluding hydrogens is 369 g/mol. The Labute approximate surface area is 175 Å². The van der Waals surface area contributed by atoms with E-state index in [1.54, 1.807) is 4.90 Å². The maximum atomic E-state index is 12.4. The first-order chi connectivity index (χ1) is 13.4. The van der Waals surface area contributed by atoms with Gasteiger partial charge in [-0.15, -0.1) is 0 Å². The summed E-state index contributed by atoms with van der Waals surface area (Å²) in [5.74, 6) is 0.738. The third kappa shape index (κ3) is 5.07. The summed E-state index contributed by atoms with van der Waals surface area (Å²) < 4.78 is 24.3. The van der Waals surface area contributed by atoms with Crippen molar-refractivity contribution in [3.8, 4) is 5.75 Å². The number of nitrogens with zero attached hydrogens (tertiary/aromatic N) is 1. The third-order valence-corrected chi connectivity index (χ3v) is 5.75. The minimum atomic E-state index is -0.506. The number of carbonyl (C=O) groups is 1. The molecule has 1 aromatic rings. The molecule has 1 aromatic carbocycles. The Morgan fingerprint density at radius 1 is 1.14 bits per heavy atom. The second-order valence-electron chi connectivity index (χ2n) is 9.93. The van der Waals surface area contributed by atoms with Crippen LogP contribution in [-0.2, 0) is 14.0 Å². The summed E-state index contributed by atoms with van der Waals surface area (Å²) in [5, 5.41) is 0. The fourth-order valence-corrected chi connectivity index (χ4v) is 3.46. The molecule has 0 aliphatic carbocycles. The number of piperidine rings is 1. The summed E-state index contributed by atoms with van der Waals surface area (Å²) in [5.41, 5.74) is -0.457. The molecule has 0 aromatic heterocycles. The van der Waals surface area contributed by atoms with E-state index in [1.807, 2.05) is 72.7 Å². The normalized spacial score (nSPS) is 23.8. The molecule has 2 saturated heterocycles. The van der Waals surface area contributed by atoms with Crippen LogP contribution in [0.2, 0.25) is 0 Å². The lowest BCUT2D eigenvalue weighted by molar-refractivity contribution is 0.00578. The first-order valence-electron chi connectivity index (χ1n) is 10.5. The lowest BCUT2D eigenvalue weighted by Gasteiger charge is -2.34. The largest absolute Gasteiger partial charge is 0.498 e. The van der Waals surface area contributed by atoms with Gasteiger partial charge >= 0.3 is 13.2 Å². The number of likely N-dealkylation sites (tertiary alicyclic amines) is 1. The SMILES string of the molecule is CC(C)(C)OC(=O)N1CCCC(Oc2ccccc2B2OC(C)(C)C(C)(C)O2)C1. The van der Waals surface area contributed by atoms with Crippen LogP contribution in [0.25, 0.3) is 0 Å². The number of para-hydroxylation sites is 1. The van der Waals surface area contributed by atoms with Gasteiger partial charge in [-0.1, -0.05) is 18.2 Å². The van der Waals surface area contributed by atoms with Crippen LogP contribution in [0.15, 0.2) is 24.3 Å². The van der Waals surface area contributed by atoms with Crippen LogP contribution in [0, 0.1) is 0 Å². The van der Waals surface area contributed by atoms with Crippen LogP contribution in [-0.4, -0.2) is 54.1 Å². The zero-order valence-corrected chi connectivity index (χ0v) is 18.8. The summed E-state index contributed by atoms with van der Waals surface area (Å²) in [6.45, 7) is 15.0. The molecule has 160 valence electrons. The Morgan fingerprint density at radius 2 is 1.76 bits per heavy atom. The average Bonchev–Trinajstić information content (AvgIpc) is 2.82. The van der Waals surface area contributed by atoms with E-state index < -0.39 is 23.9 Å². The molecule has 1 amide bonds. The molecule has 2 aliphatic heterocycles. The van der Waals surface area contributed by atoms with Crippen molar-refractivity contribution in [2.24, 2.45) is 0 Å². The Hall–Kier alpha value is -1.73. The van der Waals surface area contributed by atoms with Crippen molar-refractivity contribution in [1.82, 2.24) is 4.90 Å². The van der Waals surface area contributed by atoms with Gasteiger partial charge in [-0.3, -0.25) is 0 Å². The Morgan fingerprint density at radius 3 is 2.38 bits per heavy atom. The van der Waals surface area contributed by atoms with E-state index in [0.29, 0.717) is 13.1 Å². The van der Waals surface area contributed by atoms with Gasteiger partial charge in [-0.25, -0.2) is 4.79 Å². The monoisotopic (exact) mass is 403 g/mol. The topological polar surface area (TPSA) is 57.2 Å². The van der Waals surface area contributed by atoms with Crippen molar-refractivity contribution in [1.29, 1.82) is 0 Å². The van der Waals surface area contributed by atoms with E-state index in [2.05, 4.69) is 0 Å². The van der Waals surface area contributed by atoms with Gasteiger partial charge in [0.05, 0.1) is 17.7 Å². The van der Waals surface area contributed by atoms with Gasteiger partial charge in [0.25, 0.3) is 0 Å². The Kier molecular flexibility index (Phi) is 5.94. The average molecular weight is 403 g/mol. The first-order valence-corrected chi connectivity index (χ1v) is 10.5. The molecule has 0 N–H and O–H groups in total. The highest BCUT2D eigenvalue weighted by molar-refractivity contribution is 6.63. The molecule has 0 spiro atoms. The van der Waals surface area contributed by atoms with Gasteiger partial charge in [0.2, 0.25) is 0 Å². The minimum Gasteiger partial charge on any atom is -0.489 e. The molecule has 1 atom stereocenters. The van der Waals surface area contributed by atoms with Crippen molar-refractivity contribution in [2.45, 2.75) is 84.2 Å². The van der Waals surface area contributed by atoms with Crippen LogP contribution in [0.1, 0.15) is 61.3 Å². The van der Waals surface area contributed by atoms with Gasteiger partial charge in [-0.05, 0) is 67.4 Å². The van der Waals surface area contributed by atoms with Crippen molar-refractivity contribution < 1.29 is 23.6 Å². The van der Waals surface area contributed by atoms with Crippen LogP contribution in [0.5, 0.6) is 5.75 Å². The molecular formula is C22H34BNO5. The Balaban J connectivity index is 1.71. The molecule has 7 heteroatoms. The van der Waals surface area contributed by atoms with Crippen LogP contribution in [0.3, 0.4) is 0 Å². The summed E-state index contributed by atoms with van der Waals surface area (Å²) in [4.78, 5) is 14.2. The molecule has 0 radical (unpaired) electrons. The molecule has 0 saturated carbocycles. The molecule has 2 heterocycles. The van der Waals surface area contributed by atoms with Crippen molar-refractivity contribution in [3.63, 3.8) is 0 Å². The number of hydrogen-bond acceptors (Lipinski definition) is 5. The highest BCUT2D eigenvalue weighted by Gasteiger charge is 2.52. The number of amides is 1. The quantitative estimate of drug-likeness (QED) is 0.720. The van der Waals surface area contributed by atoms with Gasteiger partial charge in [0.1, 0.15) is 17.5 Å². The summed E-state index contributed by atoms with van der Waals surface area (Å²) in [7, 11) is -0.484.